The molecule has 1 N–H and O–H groups in total. The zero-order chi connectivity index (χ0) is 15.0. The van der Waals surface area contributed by atoms with Crippen molar-refractivity contribution in [2.45, 2.75) is 9.79 Å². The lowest BCUT2D eigenvalue weighted by Crippen LogP contribution is -2.01. The molecular formula is C14H10ClN3O2S. The van der Waals surface area contributed by atoms with Gasteiger partial charge in [-0.15, -0.1) is 0 Å². The average Bonchev–Trinajstić information content (AvgIpc) is 2.83. The number of aromatic carboxylic acids is 1. The molecule has 0 aliphatic rings. The second-order valence-corrected chi connectivity index (χ2v) is 5.80. The number of pyridine rings is 1. The molecule has 2 aromatic heterocycles. The predicted molar refractivity (Wildman–Crippen MR) is 81.0 cm³/mol. The zero-order valence-electron chi connectivity index (χ0n) is 10.9. The van der Waals surface area contributed by atoms with E-state index >= 15 is 0 Å². The van der Waals surface area contributed by atoms with Gasteiger partial charge in [0, 0.05) is 23.0 Å². The zero-order valence-corrected chi connectivity index (χ0v) is 12.5. The van der Waals surface area contributed by atoms with Gasteiger partial charge in [0.1, 0.15) is 0 Å². The quantitative estimate of drug-likeness (QED) is 0.800. The van der Waals surface area contributed by atoms with Crippen LogP contribution in [0.25, 0.3) is 11.0 Å². The molecule has 0 bridgehead atoms. The maximum Gasteiger partial charge on any atom is 0.338 e. The van der Waals surface area contributed by atoms with E-state index < -0.39 is 5.97 Å². The van der Waals surface area contributed by atoms with Crippen molar-refractivity contribution in [3.05, 3.63) is 47.2 Å². The van der Waals surface area contributed by atoms with E-state index in [0.29, 0.717) is 21.0 Å². The molecule has 0 amide bonds. The van der Waals surface area contributed by atoms with E-state index in [1.54, 1.807) is 24.0 Å². The van der Waals surface area contributed by atoms with Crippen LogP contribution in [-0.2, 0) is 7.05 Å². The fourth-order valence-corrected chi connectivity index (χ4v) is 3.26. The summed E-state index contributed by atoms with van der Waals surface area (Å²) in [6.45, 7) is 0. The Labute approximate surface area is 129 Å². The van der Waals surface area contributed by atoms with Crippen LogP contribution in [0.5, 0.6) is 0 Å². The highest BCUT2D eigenvalue weighted by Crippen LogP contribution is 2.38. The molecule has 1 aromatic carbocycles. The van der Waals surface area contributed by atoms with Crippen molar-refractivity contribution in [2.24, 2.45) is 7.05 Å². The molecule has 0 aliphatic carbocycles. The number of aromatic nitrogens is 3. The molecular weight excluding hydrogens is 310 g/mol. The Morgan fingerprint density at radius 1 is 1.33 bits per heavy atom. The number of nitrogens with zero attached hydrogens (tertiary/aromatic N) is 3. The van der Waals surface area contributed by atoms with E-state index in [-0.39, 0.29) is 5.56 Å². The second kappa shape index (κ2) is 5.38. The lowest BCUT2D eigenvalue weighted by molar-refractivity contribution is 0.0693. The molecule has 0 unspecified atom stereocenters. The van der Waals surface area contributed by atoms with E-state index in [1.165, 1.54) is 18.0 Å². The number of aryl methyl sites for hydroxylation is 1. The summed E-state index contributed by atoms with van der Waals surface area (Å²) < 4.78 is 1.61. The van der Waals surface area contributed by atoms with Crippen molar-refractivity contribution >= 4 is 40.4 Å². The molecule has 5 nitrogen and oxygen atoms in total. The first-order valence-corrected chi connectivity index (χ1v) is 7.23. The van der Waals surface area contributed by atoms with Crippen LogP contribution in [0.3, 0.4) is 0 Å². The highest BCUT2D eigenvalue weighted by Gasteiger charge is 2.18. The fourth-order valence-electron chi connectivity index (χ4n) is 1.97. The number of halogens is 1. The number of benzene rings is 1. The topological polar surface area (TPSA) is 68.0 Å². The Balaban J connectivity index is 2.21. The van der Waals surface area contributed by atoms with Gasteiger partial charge in [-0.2, -0.15) is 5.10 Å². The Kier molecular flexibility index (Phi) is 3.57. The van der Waals surface area contributed by atoms with Crippen molar-refractivity contribution in [1.29, 1.82) is 0 Å². The maximum atomic E-state index is 11.4. The molecule has 0 saturated carbocycles. The maximum absolute atomic E-state index is 11.4. The third-order valence-corrected chi connectivity index (χ3v) is 4.65. The molecule has 0 saturated heterocycles. The summed E-state index contributed by atoms with van der Waals surface area (Å²) in [6.07, 6.45) is 2.97. The Hall–Kier alpha value is -2.05. The Morgan fingerprint density at radius 3 is 2.81 bits per heavy atom. The number of carboxylic acid groups (broad SMARTS) is 1. The summed E-state index contributed by atoms with van der Waals surface area (Å²) in [4.78, 5) is 17.0. The molecule has 106 valence electrons. The van der Waals surface area contributed by atoms with Crippen molar-refractivity contribution in [3.63, 3.8) is 0 Å². The number of hydrogen-bond acceptors (Lipinski definition) is 4. The summed E-state index contributed by atoms with van der Waals surface area (Å²) in [7, 11) is 1.76. The average molecular weight is 320 g/mol. The molecule has 0 aliphatic heterocycles. The molecule has 0 atom stereocenters. The van der Waals surface area contributed by atoms with Gasteiger partial charge in [-0.25, -0.2) is 9.78 Å². The molecule has 0 fully saturated rings. The smallest absolute Gasteiger partial charge is 0.338 e. The first-order valence-electron chi connectivity index (χ1n) is 6.04. The van der Waals surface area contributed by atoms with Crippen molar-refractivity contribution in [1.82, 2.24) is 14.8 Å². The molecule has 3 rings (SSSR count). The van der Waals surface area contributed by atoms with Gasteiger partial charge < -0.3 is 5.11 Å². The standard InChI is InChI=1S/C14H10ClN3O2S/c1-18-13-8(7-17-18)12(9(6-16-13)14(19)20)21-11-5-3-2-4-10(11)15/h2-7H,1H3,(H,19,20). The van der Waals surface area contributed by atoms with Gasteiger partial charge in [0.05, 0.1) is 22.2 Å². The SMILES string of the molecule is Cn1ncc2c(Sc3ccccc3Cl)c(C(=O)O)cnc21. The summed E-state index contributed by atoms with van der Waals surface area (Å²) in [5.74, 6) is -1.03. The predicted octanol–water partition coefficient (Wildman–Crippen LogP) is 3.47. The largest absolute Gasteiger partial charge is 0.478 e. The van der Waals surface area contributed by atoms with Crippen LogP contribution in [0.4, 0.5) is 0 Å². The van der Waals surface area contributed by atoms with Crippen LogP contribution in [0.1, 0.15) is 10.4 Å². The summed E-state index contributed by atoms with van der Waals surface area (Å²) >= 11 is 7.46. The van der Waals surface area contributed by atoms with Gasteiger partial charge in [0.2, 0.25) is 0 Å². The first-order chi connectivity index (χ1) is 10.1. The fraction of sp³-hybridized carbons (Fsp3) is 0.0714. The second-order valence-electron chi connectivity index (χ2n) is 4.34. The number of carbonyl (C=O) groups is 1. The van der Waals surface area contributed by atoms with Crippen LogP contribution in [-0.4, -0.2) is 25.8 Å². The van der Waals surface area contributed by atoms with Crippen LogP contribution >= 0.6 is 23.4 Å². The van der Waals surface area contributed by atoms with Gasteiger partial charge in [0.25, 0.3) is 0 Å². The molecule has 0 spiro atoms. The summed E-state index contributed by atoms with van der Waals surface area (Å²) in [5, 5.41) is 14.8. The molecule has 21 heavy (non-hydrogen) atoms. The van der Waals surface area contributed by atoms with Gasteiger partial charge in [-0.3, -0.25) is 4.68 Å². The van der Waals surface area contributed by atoms with E-state index in [4.69, 9.17) is 11.6 Å². The van der Waals surface area contributed by atoms with Crippen molar-refractivity contribution < 1.29 is 9.90 Å². The minimum Gasteiger partial charge on any atom is -0.478 e. The van der Waals surface area contributed by atoms with Gasteiger partial charge >= 0.3 is 5.97 Å². The van der Waals surface area contributed by atoms with Crippen LogP contribution in [0, 0.1) is 0 Å². The normalized spacial score (nSPS) is 11.0. The van der Waals surface area contributed by atoms with Crippen LogP contribution < -0.4 is 0 Å². The Bertz CT molecular complexity index is 847. The van der Waals surface area contributed by atoms with Crippen LogP contribution in [0.15, 0.2) is 46.5 Å². The first kappa shape index (κ1) is 13.9. The number of fused-ring (bicyclic) bond motifs is 1. The van der Waals surface area contributed by atoms with E-state index in [2.05, 4.69) is 10.1 Å². The third kappa shape index (κ3) is 2.48. The van der Waals surface area contributed by atoms with Crippen molar-refractivity contribution in [3.8, 4) is 0 Å². The van der Waals surface area contributed by atoms with Gasteiger partial charge in [-0.05, 0) is 12.1 Å². The monoisotopic (exact) mass is 319 g/mol. The number of hydrogen-bond donors (Lipinski definition) is 1. The van der Waals surface area contributed by atoms with Crippen molar-refractivity contribution in [2.75, 3.05) is 0 Å². The Morgan fingerprint density at radius 2 is 2.10 bits per heavy atom. The minimum absolute atomic E-state index is 0.139. The van der Waals surface area contributed by atoms with E-state index in [1.807, 2.05) is 18.2 Å². The summed E-state index contributed by atoms with van der Waals surface area (Å²) in [6, 6.07) is 7.31. The lowest BCUT2D eigenvalue weighted by Gasteiger charge is -2.08. The number of carboxylic acids is 1. The lowest BCUT2D eigenvalue weighted by atomic mass is 10.2. The van der Waals surface area contributed by atoms with E-state index in [9.17, 15) is 9.90 Å². The van der Waals surface area contributed by atoms with E-state index in [0.717, 1.165) is 4.90 Å². The number of rotatable bonds is 3. The summed E-state index contributed by atoms with van der Waals surface area (Å²) in [5.41, 5.74) is 0.773. The van der Waals surface area contributed by atoms with Gasteiger partial charge in [-0.1, -0.05) is 35.5 Å². The third-order valence-electron chi connectivity index (χ3n) is 2.99. The highest BCUT2D eigenvalue weighted by molar-refractivity contribution is 7.99. The van der Waals surface area contributed by atoms with Gasteiger partial charge in [0.15, 0.2) is 5.65 Å². The molecule has 3 aromatic rings. The molecule has 0 radical (unpaired) electrons. The highest BCUT2D eigenvalue weighted by atomic mass is 35.5. The molecule has 7 heteroatoms. The minimum atomic E-state index is -1.03. The van der Waals surface area contributed by atoms with Crippen LogP contribution in [0.2, 0.25) is 5.02 Å². The molecule has 2 heterocycles.